The van der Waals surface area contributed by atoms with Crippen LogP contribution in [-0.2, 0) is 33.4 Å². The number of ether oxygens (including phenoxy) is 3. The lowest BCUT2D eigenvalue weighted by molar-refractivity contribution is -0.201. The molecule has 4 aliphatic carbocycles. The highest BCUT2D eigenvalue weighted by molar-refractivity contribution is 6.01. The minimum absolute atomic E-state index is 0.0207. The molecule has 1 saturated heterocycles. The van der Waals surface area contributed by atoms with Crippen LogP contribution < -0.4 is 0 Å². The molecule has 2 N–H and O–H groups in total. The van der Waals surface area contributed by atoms with E-state index in [4.69, 9.17) is 19.3 Å². The van der Waals surface area contributed by atoms with Crippen molar-refractivity contribution in [1.82, 2.24) is 0 Å². The van der Waals surface area contributed by atoms with Gasteiger partial charge in [-0.3, -0.25) is 19.2 Å². The topological polar surface area (TPSA) is 136 Å². The Balaban J connectivity index is 1.45. The average Bonchev–Trinajstić information content (AvgIpc) is 3.33. The van der Waals surface area contributed by atoms with Crippen LogP contribution in [0.25, 0.3) is 0 Å². The van der Waals surface area contributed by atoms with Gasteiger partial charge in [0.15, 0.2) is 24.3 Å². The minimum Gasteiger partial charge on any atom is -0.481 e. The smallest absolute Gasteiger partial charge is 0.306 e. The van der Waals surface area contributed by atoms with Gasteiger partial charge in [0.25, 0.3) is 0 Å². The summed E-state index contributed by atoms with van der Waals surface area (Å²) in [6.45, 7) is 5.59. The first kappa shape index (κ1) is 27.2. The summed E-state index contributed by atoms with van der Waals surface area (Å²) in [5.41, 5.74) is -1.50. The van der Waals surface area contributed by atoms with Crippen LogP contribution in [0, 0.1) is 28.6 Å². The Morgan fingerprint density at radius 1 is 1.21 bits per heavy atom. The molecule has 9 atom stereocenters. The highest BCUT2D eigenvalue weighted by Gasteiger charge is 2.75. The van der Waals surface area contributed by atoms with Crippen molar-refractivity contribution >= 4 is 23.5 Å². The van der Waals surface area contributed by atoms with Gasteiger partial charge in [-0.25, -0.2) is 0 Å². The van der Waals surface area contributed by atoms with Gasteiger partial charge < -0.3 is 24.4 Å². The number of Topliss-reactive ketones (excluding diaryl/α,β-unsaturated/α-hetero) is 1. The molecule has 1 aliphatic heterocycles. The fourth-order valence-corrected chi connectivity index (χ4v) is 8.54. The van der Waals surface area contributed by atoms with E-state index in [9.17, 15) is 24.3 Å². The Morgan fingerprint density at radius 3 is 2.68 bits per heavy atom. The van der Waals surface area contributed by atoms with Crippen LogP contribution in [0.1, 0.15) is 72.1 Å². The zero-order valence-electron chi connectivity index (χ0n) is 22.3. The lowest BCUT2D eigenvalue weighted by Gasteiger charge is -2.59. The largest absolute Gasteiger partial charge is 0.481 e. The summed E-state index contributed by atoms with van der Waals surface area (Å²) in [4.78, 5) is 49.0. The Morgan fingerprint density at radius 2 is 1.97 bits per heavy atom. The molecule has 9 heteroatoms. The molecule has 0 unspecified atom stereocenters. The molecule has 3 saturated carbocycles. The number of hydrogen-bond donors (Lipinski definition) is 2. The van der Waals surface area contributed by atoms with Crippen LogP contribution in [0.2, 0.25) is 0 Å². The Kier molecular flexibility index (Phi) is 6.93. The number of carboxylic acid groups (broad SMARTS) is 1. The summed E-state index contributed by atoms with van der Waals surface area (Å²) >= 11 is 0. The van der Waals surface area contributed by atoms with Gasteiger partial charge >= 0.3 is 11.9 Å². The van der Waals surface area contributed by atoms with Crippen molar-refractivity contribution in [3.05, 3.63) is 23.8 Å². The maximum atomic E-state index is 14.0. The Labute approximate surface area is 222 Å². The number of fused-ring (bicyclic) bond motifs is 7. The molecule has 4 fully saturated rings. The van der Waals surface area contributed by atoms with E-state index in [1.54, 1.807) is 12.2 Å². The van der Waals surface area contributed by atoms with E-state index in [1.165, 1.54) is 0 Å². The molecular weight excluding hydrogens is 492 g/mol. The monoisotopic (exact) mass is 530 g/mol. The van der Waals surface area contributed by atoms with Gasteiger partial charge in [-0.05, 0) is 56.1 Å². The molecule has 0 aromatic carbocycles. The number of ketones is 2. The first-order valence-corrected chi connectivity index (χ1v) is 13.8. The molecule has 5 rings (SSSR count). The predicted molar refractivity (Wildman–Crippen MR) is 134 cm³/mol. The van der Waals surface area contributed by atoms with Crippen LogP contribution in [0.4, 0.5) is 0 Å². The van der Waals surface area contributed by atoms with Gasteiger partial charge in [0.05, 0.1) is 25.0 Å². The summed E-state index contributed by atoms with van der Waals surface area (Å²) in [5, 5.41) is 20.6. The van der Waals surface area contributed by atoms with Crippen molar-refractivity contribution in [3.63, 3.8) is 0 Å². The molecule has 38 heavy (non-hydrogen) atoms. The molecule has 0 spiro atoms. The van der Waals surface area contributed by atoms with Gasteiger partial charge in [-0.15, -0.1) is 0 Å². The molecule has 0 aromatic heterocycles. The first-order valence-electron chi connectivity index (χ1n) is 13.8. The number of hydrogen-bond acceptors (Lipinski definition) is 8. The van der Waals surface area contributed by atoms with E-state index in [2.05, 4.69) is 6.92 Å². The normalized spacial score (nSPS) is 42.9. The summed E-state index contributed by atoms with van der Waals surface area (Å²) in [6, 6.07) is 0. The first-order chi connectivity index (χ1) is 18.0. The maximum Gasteiger partial charge on any atom is 0.306 e. The van der Waals surface area contributed by atoms with Gasteiger partial charge in [0.2, 0.25) is 5.78 Å². The SMILES string of the molecule is CCC[C@@H]1O[C@@H]2C[C@H]3[C@@H]4CCC5=CC(=O)C=C[C@]5(C)[C@H]4[C@@H](O)C[C@]3(C)[C@]2(C(=O)COC(=O)CCC(=O)O)O1. The molecular formula is C29H38O9. The van der Waals surface area contributed by atoms with Crippen molar-refractivity contribution in [3.8, 4) is 0 Å². The van der Waals surface area contributed by atoms with E-state index in [0.29, 0.717) is 19.3 Å². The molecule has 9 nitrogen and oxygen atoms in total. The quantitative estimate of drug-likeness (QED) is 0.454. The number of aliphatic hydroxyl groups is 1. The van der Waals surface area contributed by atoms with Crippen LogP contribution in [0.5, 0.6) is 0 Å². The van der Waals surface area contributed by atoms with E-state index in [0.717, 1.165) is 24.8 Å². The van der Waals surface area contributed by atoms with Crippen molar-refractivity contribution in [1.29, 1.82) is 0 Å². The van der Waals surface area contributed by atoms with Gasteiger partial charge in [0.1, 0.15) is 0 Å². The van der Waals surface area contributed by atoms with E-state index in [1.807, 2.05) is 19.9 Å². The number of allylic oxidation sites excluding steroid dienone is 4. The number of carboxylic acids is 1. The number of aliphatic hydroxyl groups excluding tert-OH is 1. The number of aliphatic carboxylic acids is 1. The van der Waals surface area contributed by atoms with E-state index < -0.39 is 59.3 Å². The number of carbonyl (C=O) groups excluding carboxylic acids is 3. The van der Waals surface area contributed by atoms with Crippen molar-refractivity contribution in [2.75, 3.05) is 6.61 Å². The standard InChI is InChI=1S/C29H38O9/c1-4-5-25-37-22-13-19-18-7-6-16-12-17(30)10-11-27(16,2)26(18)20(31)14-28(19,3)29(22,38-25)21(32)15-36-24(35)9-8-23(33)34/h10-12,18-20,22,25-26,31H,4-9,13-15H2,1-3H3,(H,33,34)/t18-,19-,20-,22+,25+,26+,27-,28-,29+/m0/s1. The highest BCUT2D eigenvalue weighted by Crippen LogP contribution is 2.69. The fraction of sp³-hybridized carbons (Fsp3) is 0.724. The van der Waals surface area contributed by atoms with E-state index in [-0.39, 0.29) is 36.4 Å². The zero-order chi connectivity index (χ0) is 27.5. The van der Waals surface area contributed by atoms with Crippen LogP contribution in [-0.4, -0.2) is 64.4 Å². The van der Waals surface area contributed by atoms with Crippen molar-refractivity contribution in [2.24, 2.45) is 28.6 Å². The third kappa shape index (κ3) is 4.00. The summed E-state index contributed by atoms with van der Waals surface area (Å²) in [5.74, 6) is -2.27. The molecule has 0 aromatic rings. The molecule has 0 radical (unpaired) electrons. The molecule has 208 valence electrons. The highest BCUT2D eigenvalue weighted by atomic mass is 16.7. The van der Waals surface area contributed by atoms with Gasteiger partial charge in [-0.2, -0.15) is 0 Å². The molecule has 1 heterocycles. The fourth-order valence-electron chi connectivity index (χ4n) is 8.54. The average molecular weight is 531 g/mol. The van der Waals surface area contributed by atoms with Crippen LogP contribution in [0.3, 0.4) is 0 Å². The maximum absolute atomic E-state index is 14.0. The second kappa shape index (κ2) is 9.68. The Bertz CT molecular complexity index is 1090. The lowest BCUT2D eigenvalue weighted by Crippen LogP contribution is -2.63. The third-order valence-corrected chi connectivity index (χ3v) is 10.1. The minimum atomic E-state index is -1.37. The molecule has 5 aliphatic rings. The second-order valence-electron chi connectivity index (χ2n) is 12.1. The third-order valence-electron chi connectivity index (χ3n) is 10.1. The number of esters is 1. The summed E-state index contributed by atoms with van der Waals surface area (Å²) in [7, 11) is 0. The Hall–Kier alpha value is -2.36. The van der Waals surface area contributed by atoms with Crippen LogP contribution >= 0.6 is 0 Å². The summed E-state index contributed by atoms with van der Waals surface area (Å²) < 4.78 is 18.1. The van der Waals surface area contributed by atoms with Crippen LogP contribution in [0.15, 0.2) is 23.8 Å². The summed E-state index contributed by atoms with van der Waals surface area (Å²) in [6.07, 6.45) is 6.63. The van der Waals surface area contributed by atoms with Gasteiger partial charge in [0, 0.05) is 16.7 Å². The van der Waals surface area contributed by atoms with E-state index >= 15 is 0 Å². The second-order valence-corrected chi connectivity index (χ2v) is 12.1. The molecule has 0 amide bonds. The lowest BCUT2D eigenvalue weighted by atomic mass is 9.46. The number of carbonyl (C=O) groups is 4. The van der Waals surface area contributed by atoms with Crippen molar-refractivity contribution < 1.29 is 43.6 Å². The molecule has 0 bridgehead atoms. The van der Waals surface area contributed by atoms with Crippen molar-refractivity contribution in [2.45, 2.75) is 96.2 Å². The van der Waals surface area contributed by atoms with Gasteiger partial charge in [-0.1, -0.05) is 38.8 Å². The zero-order valence-corrected chi connectivity index (χ0v) is 22.3. The predicted octanol–water partition coefficient (Wildman–Crippen LogP) is 3.13. The number of rotatable bonds is 8.